The predicted molar refractivity (Wildman–Crippen MR) is 67.2 cm³/mol. The quantitative estimate of drug-likeness (QED) is 0.885. The maximum Gasteiger partial charge on any atom is 0.270 e. The molecule has 0 bridgehead atoms. The van der Waals surface area contributed by atoms with Crippen LogP contribution in [0.2, 0.25) is 0 Å². The minimum absolute atomic E-state index is 0.0175. The number of hydrogen-bond donors (Lipinski definition) is 1. The van der Waals surface area contributed by atoms with Crippen LogP contribution < -0.4 is 5.32 Å². The molecule has 1 aromatic heterocycles. The Bertz CT molecular complexity index is 380. The minimum Gasteiger partial charge on any atom is -0.348 e. The van der Waals surface area contributed by atoms with Crippen molar-refractivity contribution in [2.75, 3.05) is 13.1 Å². The molecule has 92 valence electrons. The number of thiazole rings is 1. The number of piperidine rings is 1. The van der Waals surface area contributed by atoms with E-state index in [0.29, 0.717) is 11.7 Å². The van der Waals surface area contributed by atoms with Crippen LogP contribution in [0.4, 0.5) is 0 Å². The maximum atomic E-state index is 11.8. The fourth-order valence-corrected chi connectivity index (χ4v) is 2.96. The topological polar surface area (TPSA) is 45.2 Å². The van der Waals surface area contributed by atoms with Gasteiger partial charge in [-0.3, -0.25) is 4.79 Å². The first-order chi connectivity index (χ1) is 8.33. The van der Waals surface area contributed by atoms with Gasteiger partial charge in [-0.05, 0) is 25.7 Å². The van der Waals surface area contributed by atoms with Gasteiger partial charge in [-0.1, -0.05) is 0 Å². The second kappa shape index (κ2) is 4.74. The number of rotatable bonds is 3. The number of hydrogen-bond acceptors (Lipinski definition) is 4. The Morgan fingerprint density at radius 1 is 1.35 bits per heavy atom. The molecule has 2 aliphatic rings. The van der Waals surface area contributed by atoms with Crippen LogP contribution in [0.15, 0.2) is 10.9 Å². The van der Waals surface area contributed by atoms with E-state index in [9.17, 15) is 4.79 Å². The van der Waals surface area contributed by atoms with E-state index in [4.69, 9.17) is 0 Å². The van der Waals surface area contributed by atoms with Crippen molar-refractivity contribution in [2.45, 2.75) is 37.8 Å². The zero-order valence-electron chi connectivity index (χ0n) is 9.76. The number of nitrogens with zero attached hydrogens (tertiary/aromatic N) is 2. The van der Waals surface area contributed by atoms with Gasteiger partial charge in [0.05, 0.1) is 5.51 Å². The van der Waals surface area contributed by atoms with Crippen LogP contribution in [0, 0.1) is 0 Å². The van der Waals surface area contributed by atoms with Crippen LogP contribution in [-0.2, 0) is 0 Å². The van der Waals surface area contributed by atoms with Gasteiger partial charge in [0.2, 0.25) is 0 Å². The van der Waals surface area contributed by atoms with Crippen molar-refractivity contribution in [3.05, 3.63) is 16.6 Å². The summed E-state index contributed by atoms with van der Waals surface area (Å²) >= 11 is 1.46. The average Bonchev–Trinajstić information content (AvgIpc) is 3.05. The van der Waals surface area contributed by atoms with Gasteiger partial charge in [0.15, 0.2) is 0 Å². The van der Waals surface area contributed by atoms with Crippen molar-refractivity contribution in [1.82, 2.24) is 15.2 Å². The highest BCUT2D eigenvalue weighted by molar-refractivity contribution is 7.07. The van der Waals surface area contributed by atoms with Crippen molar-refractivity contribution in [3.63, 3.8) is 0 Å². The van der Waals surface area contributed by atoms with Crippen LogP contribution in [0.1, 0.15) is 36.2 Å². The third-order valence-corrected chi connectivity index (χ3v) is 4.18. The summed E-state index contributed by atoms with van der Waals surface area (Å²) in [5, 5.41) is 4.88. The Morgan fingerprint density at radius 3 is 2.71 bits per heavy atom. The monoisotopic (exact) mass is 251 g/mol. The molecule has 1 aliphatic carbocycles. The number of nitrogens with one attached hydrogen (secondary N) is 1. The van der Waals surface area contributed by atoms with Crippen LogP contribution in [0.3, 0.4) is 0 Å². The molecule has 1 N–H and O–H groups in total. The summed E-state index contributed by atoms with van der Waals surface area (Å²) < 4.78 is 0. The Hall–Kier alpha value is -0.940. The molecule has 1 aromatic rings. The normalized spacial score (nSPS) is 22.6. The molecule has 0 radical (unpaired) electrons. The first kappa shape index (κ1) is 11.2. The number of likely N-dealkylation sites (tertiary alicyclic amines) is 1. The molecule has 17 heavy (non-hydrogen) atoms. The molecule has 3 rings (SSSR count). The second-order valence-electron chi connectivity index (χ2n) is 4.89. The van der Waals surface area contributed by atoms with E-state index in [0.717, 1.165) is 32.0 Å². The highest BCUT2D eigenvalue weighted by Crippen LogP contribution is 2.29. The van der Waals surface area contributed by atoms with Gasteiger partial charge in [0, 0.05) is 30.6 Å². The smallest absolute Gasteiger partial charge is 0.270 e. The molecule has 5 heteroatoms. The molecule has 4 nitrogen and oxygen atoms in total. The minimum atomic E-state index is -0.0175. The van der Waals surface area contributed by atoms with Crippen molar-refractivity contribution >= 4 is 17.2 Å². The number of aromatic nitrogens is 1. The molecule has 1 saturated carbocycles. The van der Waals surface area contributed by atoms with Gasteiger partial charge in [-0.25, -0.2) is 4.98 Å². The Labute approximate surface area is 105 Å². The lowest BCUT2D eigenvalue weighted by Crippen LogP contribution is -2.45. The van der Waals surface area contributed by atoms with Gasteiger partial charge < -0.3 is 10.2 Å². The number of carbonyl (C=O) groups excluding carboxylic acids is 1. The molecule has 1 amide bonds. The zero-order valence-corrected chi connectivity index (χ0v) is 10.6. The molecule has 1 saturated heterocycles. The summed E-state index contributed by atoms with van der Waals surface area (Å²) in [5.74, 6) is -0.0175. The summed E-state index contributed by atoms with van der Waals surface area (Å²) in [7, 11) is 0. The Balaban J connectivity index is 1.48. The summed E-state index contributed by atoms with van der Waals surface area (Å²) in [5.41, 5.74) is 2.25. The first-order valence-corrected chi connectivity index (χ1v) is 7.20. The zero-order chi connectivity index (χ0) is 11.7. The second-order valence-corrected chi connectivity index (χ2v) is 5.61. The van der Waals surface area contributed by atoms with Crippen LogP contribution in [0.5, 0.6) is 0 Å². The van der Waals surface area contributed by atoms with Crippen molar-refractivity contribution in [2.24, 2.45) is 0 Å². The lowest BCUT2D eigenvalue weighted by Gasteiger charge is -2.32. The molecular formula is C12H17N3OS. The lowest BCUT2D eigenvalue weighted by atomic mass is 10.0. The van der Waals surface area contributed by atoms with E-state index in [1.54, 1.807) is 10.9 Å². The van der Waals surface area contributed by atoms with E-state index in [2.05, 4.69) is 15.2 Å². The first-order valence-electron chi connectivity index (χ1n) is 6.26. The van der Waals surface area contributed by atoms with Gasteiger partial charge in [-0.15, -0.1) is 11.3 Å². The lowest BCUT2D eigenvalue weighted by molar-refractivity contribution is 0.0905. The molecule has 0 atom stereocenters. The summed E-state index contributed by atoms with van der Waals surface area (Å²) in [4.78, 5) is 18.4. The SMILES string of the molecule is O=C(NC1CCN(C2CC2)CC1)c1cscn1. The third-order valence-electron chi connectivity index (χ3n) is 3.59. The predicted octanol–water partition coefficient (Wildman–Crippen LogP) is 1.50. The molecule has 0 aromatic carbocycles. The van der Waals surface area contributed by atoms with Crippen LogP contribution in [-0.4, -0.2) is 41.0 Å². The standard InChI is InChI=1S/C12H17N3OS/c16-12(11-7-17-8-13-11)14-9-3-5-15(6-4-9)10-1-2-10/h7-10H,1-6H2,(H,14,16). The van der Waals surface area contributed by atoms with Crippen LogP contribution >= 0.6 is 11.3 Å². The molecule has 2 fully saturated rings. The molecular weight excluding hydrogens is 234 g/mol. The maximum absolute atomic E-state index is 11.8. The van der Waals surface area contributed by atoms with Gasteiger partial charge >= 0.3 is 0 Å². The Morgan fingerprint density at radius 2 is 2.12 bits per heavy atom. The van der Waals surface area contributed by atoms with E-state index < -0.39 is 0 Å². The van der Waals surface area contributed by atoms with Crippen molar-refractivity contribution in [3.8, 4) is 0 Å². The van der Waals surface area contributed by atoms with Crippen molar-refractivity contribution in [1.29, 1.82) is 0 Å². The van der Waals surface area contributed by atoms with Crippen LogP contribution in [0.25, 0.3) is 0 Å². The summed E-state index contributed by atoms with van der Waals surface area (Å²) in [6.07, 6.45) is 4.89. The molecule has 0 unspecified atom stereocenters. The summed E-state index contributed by atoms with van der Waals surface area (Å²) in [6.45, 7) is 2.26. The number of amides is 1. The fourth-order valence-electron chi connectivity index (χ4n) is 2.43. The highest BCUT2D eigenvalue weighted by Gasteiger charge is 2.32. The van der Waals surface area contributed by atoms with Gasteiger partial charge in [-0.2, -0.15) is 0 Å². The average molecular weight is 251 g/mol. The van der Waals surface area contributed by atoms with E-state index in [-0.39, 0.29) is 5.91 Å². The van der Waals surface area contributed by atoms with E-state index in [1.165, 1.54) is 24.2 Å². The van der Waals surface area contributed by atoms with E-state index in [1.807, 2.05) is 0 Å². The van der Waals surface area contributed by atoms with E-state index >= 15 is 0 Å². The molecule has 1 aliphatic heterocycles. The molecule has 2 heterocycles. The largest absolute Gasteiger partial charge is 0.348 e. The molecule has 0 spiro atoms. The fraction of sp³-hybridized carbons (Fsp3) is 0.667. The Kier molecular flexibility index (Phi) is 3.11. The highest BCUT2D eigenvalue weighted by atomic mass is 32.1. The van der Waals surface area contributed by atoms with Gasteiger partial charge in [0.25, 0.3) is 5.91 Å². The third kappa shape index (κ3) is 2.66. The summed E-state index contributed by atoms with van der Waals surface area (Å²) in [6, 6.07) is 1.18. The van der Waals surface area contributed by atoms with Crippen molar-refractivity contribution < 1.29 is 4.79 Å². The van der Waals surface area contributed by atoms with Gasteiger partial charge in [0.1, 0.15) is 5.69 Å². The number of carbonyl (C=O) groups is 1.